The van der Waals surface area contributed by atoms with E-state index >= 15 is 0 Å². The van der Waals surface area contributed by atoms with Crippen LogP contribution in [0.1, 0.15) is 34.7 Å². The van der Waals surface area contributed by atoms with Gasteiger partial charge >= 0.3 is 0 Å². The van der Waals surface area contributed by atoms with Crippen LogP contribution in [0.25, 0.3) is 17.2 Å². The largest absolute Gasteiger partial charge is 0.0985 e. The zero-order valence-electron chi connectivity index (χ0n) is 13.1. The summed E-state index contributed by atoms with van der Waals surface area (Å²) in [4.78, 5) is 0. The molecule has 0 spiro atoms. The molecule has 0 aliphatic heterocycles. The highest BCUT2D eigenvalue weighted by atomic mass is 14.1. The Kier molecular flexibility index (Phi) is 4.59. The van der Waals surface area contributed by atoms with Gasteiger partial charge in [-0.15, -0.1) is 0 Å². The maximum Gasteiger partial charge on any atom is -0.0154 e. The van der Waals surface area contributed by atoms with Crippen molar-refractivity contribution in [1.29, 1.82) is 0 Å². The minimum atomic E-state index is 1.05. The van der Waals surface area contributed by atoms with Crippen LogP contribution in [-0.2, 0) is 0 Å². The van der Waals surface area contributed by atoms with E-state index in [2.05, 4.69) is 82.5 Å². The smallest absolute Gasteiger partial charge is 0.0154 e. The molecular formula is C21H22. The number of aryl methyl sites for hydroxylation is 2. The molecule has 21 heavy (non-hydrogen) atoms. The highest BCUT2D eigenvalue weighted by Gasteiger charge is 2.08. The summed E-state index contributed by atoms with van der Waals surface area (Å²) in [7, 11) is 0. The van der Waals surface area contributed by atoms with Crippen molar-refractivity contribution in [2.24, 2.45) is 0 Å². The molecule has 2 aromatic rings. The van der Waals surface area contributed by atoms with Crippen LogP contribution < -0.4 is 0 Å². The lowest BCUT2D eigenvalue weighted by Gasteiger charge is -2.13. The summed E-state index contributed by atoms with van der Waals surface area (Å²) in [5.74, 6) is 0. The second-order valence-electron chi connectivity index (χ2n) is 5.32. The van der Waals surface area contributed by atoms with Crippen molar-refractivity contribution in [3.63, 3.8) is 0 Å². The fourth-order valence-corrected chi connectivity index (χ4v) is 2.45. The van der Waals surface area contributed by atoms with E-state index < -0.39 is 0 Å². The van der Waals surface area contributed by atoms with E-state index in [4.69, 9.17) is 0 Å². The highest BCUT2D eigenvalue weighted by Crippen LogP contribution is 2.31. The van der Waals surface area contributed by atoms with Crippen molar-refractivity contribution in [3.05, 3.63) is 89.5 Å². The second-order valence-corrected chi connectivity index (χ2v) is 5.32. The lowest BCUT2D eigenvalue weighted by molar-refractivity contribution is 1.42. The SMILES string of the molecule is C=Cc1cc(C(=CC)C(=C)c2ccc(C)cc2)ccc1C. The number of rotatable bonds is 4. The van der Waals surface area contributed by atoms with Gasteiger partial charge in [0, 0.05) is 0 Å². The van der Waals surface area contributed by atoms with Gasteiger partial charge in [-0.05, 0) is 60.2 Å². The van der Waals surface area contributed by atoms with E-state index in [-0.39, 0.29) is 0 Å². The van der Waals surface area contributed by atoms with Crippen molar-refractivity contribution in [3.8, 4) is 0 Å². The molecule has 2 aromatic carbocycles. The highest BCUT2D eigenvalue weighted by molar-refractivity contribution is 6.04. The zero-order valence-corrected chi connectivity index (χ0v) is 13.1. The third-order valence-corrected chi connectivity index (χ3v) is 3.82. The molecule has 0 heteroatoms. The van der Waals surface area contributed by atoms with Gasteiger partial charge in [0.25, 0.3) is 0 Å². The molecule has 0 nitrogen and oxygen atoms in total. The molecule has 0 unspecified atom stereocenters. The van der Waals surface area contributed by atoms with Crippen molar-refractivity contribution < 1.29 is 0 Å². The molecule has 0 fully saturated rings. The van der Waals surface area contributed by atoms with Gasteiger partial charge in [-0.25, -0.2) is 0 Å². The molecule has 0 radical (unpaired) electrons. The molecule has 0 aromatic heterocycles. The normalized spacial score (nSPS) is 11.3. The fraction of sp³-hybridized carbons (Fsp3) is 0.143. The lowest BCUT2D eigenvalue weighted by atomic mass is 9.91. The van der Waals surface area contributed by atoms with E-state index in [9.17, 15) is 0 Å². The van der Waals surface area contributed by atoms with Crippen molar-refractivity contribution in [1.82, 2.24) is 0 Å². The number of benzene rings is 2. The zero-order chi connectivity index (χ0) is 15.4. The summed E-state index contributed by atoms with van der Waals surface area (Å²) in [5.41, 5.74) is 8.24. The first kappa shape index (κ1) is 15.1. The molecule has 0 atom stereocenters. The summed E-state index contributed by atoms with van der Waals surface area (Å²) in [6, 6.07) is 15.0. The van der Waals surface area contributed by atoms with E-state index in [1.54, 1.807) is 0 Å². The predicted molar refractivity (Wildman–Crippen MR) is 95.1 cm³/mol. The molecular weight excluding hydrogens is 252 g/mol. The van der Waals surface area contributed by atoms with E-state index in [1.165, 1.54) is 27.8 Å². The van der Waals surface area contributed by atoms with Gasteiger partial charge in [-0.3, -0.25) is 0 Å². The first-order valence-electron chi connectivity index (χ1n) is 7.23. The van der Waals surface area contributed by atoms with Gasteiger partial charge in [0.15, 0.2) is 0 Å². The topological polar surface area (TPSA) is 0 Å². The van der Waals surface area contributed by atoms with Gasteiger partial charge in [-0.2, -0.15) is 0 Å². The molecule has 0 heterocycles. The Morgan fingerprint density at radius 3 is 2.14 bits per heavy atom. The summed E-state index contributed by atoms with van der Waals surface area (Å²) in [6.07, 6.45) is 4.03. The molecule has 0 bridgehead atoms. The van der Waals surface area contributed by atoms with Crippen LogP contribution in [0.2, 0.25) is 0 Å². The Labute approximate surface area is 128 Å². The maximum atomic E-state index is 4.29. The molecule has 0 aliphatic carbocycles. The van der Waals surface area contributed by atoms with Crippen LogP contribution in [0.3, 0.4) is 0 Å². The Morgan fingerprint density at radius 2 is 1.57 bits per heavy atom. The molecule has 0 saturated heterocycles. The standard InChI is InChI=1S/C21H22/c1-6-18-14-20(13-10-16(18)4)21(7-2)17(5)19-11-8-15(3)9-12-19/h6-14H,1,5H2,2-4H3. The second kappa shape index (κ2) is 6.41. The monoisotopic (exact) mass is 274 g/mol. The summed E-state index contributed by atoms with van der Waals surface area (Å²) < 4.78 is 0. The van der Waals surface area contributed by atoms with Crippen LogP contribution in [-0.4, -0.2) is 0 Å². The average molecular weight is 274 g/mol. The molecule has 0 amide bonds. The number of allylic oxidation sites excluding steroid dienone is 3. The molecule has 106 valence electrons. The van der Waals surface area contributed by atoms with Crippen LogP contribution in [0.15, 0.2) is 61.7 Å². The minimum absolute atomic E-state index is 1.05. The summed E-state index contributed by atoms with van der Waals surface area (Å²) in [6.45, 7) is 14.4. The third-order valence-electron chi connectivity index (χ3n) is 3.82. The van der Waals surface area contributed by atoms with Crippen molar-refractivity contribution >= 4 is 17.2 Å². The fourth-order valence-electron chi connectivity index (χ4n) is 2.45. The Hall–Kier alpha value is -2.34. The minimum Gasteiger partial charge on any atom is -0.0985 e. The molecule has 0 N–H and O–H groups in total. The van der Waals surface area contributed by atoms with E-state index in [0.29, 0.717) is 0 Å². The number of hydrogen-bond acceptors (Lipinski definition) is 0. The predicted octanol–water partition coefficient (Wildman–Crippen LogP) is 6.06. The van der Waals surface area contributed by atoms with Crippen LogP contribution in [0.5, 0.6) is 0 Å². The lowest BCUT2D eigenvalue weighted by Crippen LogP contribution is -1.92. The van der Waals surface area contributed by atoms with Crippen LogP contribution in [0.4, 0.5) is 0 Å². The quantitative estimate of drug-likeness (QED) is 0.594. The first-order valence-corrected chi connectivity index (χ1v) is 7.23. The van der Waals surface area contributed by atoms with Crippen LogP contribution >= 0.6 is 0 Å². The van der Waals surface area contributed by atoms with Crippen LogP contribution in [0, 0.1) is 13.8 Å². The average Bonchev–Trinajstić information content (AvgIpc) is 2.50. The Balaban J connectivity index is 2.42. The van der Waals surface area contributed by atoms with Gasteiger partial charge in [0.1, 0.15) is 0 Å². The maximum absolute atomic E-state index is 4.29. The molecule has 2 rings (SSSR count). The Morgan fingerprint density at radius 1 is 0.952 bits per heavy atom. The molecule has 0 aliphatic rings. The van der Waals surface area contributed by atoms with E-state index in [0.717, 1.165) is 11.1 Å². The molecule has 0 saturated carbocycles. The Bertz CT molecular complexity index is 697. The van der Waals surface area contributed by atoms with Gasteiger partial charge < -0.3 is 0 Å². The third kappa shape index (κ3) is 3.22. The van der Waals surface area contributed by atoms with Gasteiger partial charge in [-0.1, -0.05) is 67.3 Å². The van der Waals surface area contributed by atoms with Gasteiger partial charge in [0.2, 0.25) is 0 Å². The first-order chi connectivity index (χ1) is 10.1. The van der Waals surface area contributed by atoms with E-state index in [1.807, 2.05) is 6.08 Å². The number of hydrogen-bond donors (Lipinski definition) is 0. The summed E-state index contributed by atoms with van der Waals surface area (Å²) >= 11 is 0. The summed E-state index contributed by atoms with van der Waals surface area (Å²) in [5, 5.41) is 0. The van der Waals surface area contributed by atoms with Crippen molar-refractivity contribution in [2.75, 3.05) is 0 Å². The van der Waals surface area contributed by atoms with Crippen molar-refractivity contribution in [2.45, 2.75) is 20.8 Å². The van der Waals surface area contributed by atoms with Gasteiger partial charge in [0.05, 0.1) is 0 Å².